The molecule has 1 atom stereocenters. The number of aromatic nitrogens is 2. The highest BCUT2D eigenvalue weighted by Gasteiger charge is 2.26. The average Bonchev–Trinajstić information content (AvgIpc) is 3.06. The summed E-state index contributed by atoms with van der Waals surface area (Å²) in [5.74, 6) is 1.68. The van der Waals surface area contributed by atoms with E-state index in [1.54, 1.807) is 6.33 Å². The Bertz CT molecular complexity index is 960. The highest BCUT2D eigenvalue weighted by Crippen LogP contribution is 2.40. The first kappa shape index (κ1) is 16.9. The molecule has 4 nitrogen and oxygen atoms in total. The van der Waals surface area contributed by atoms with E-state index < -0.39 is 0 Å². The Hall–Kier alpha value is -2.21. The molecule has 0 radical (unpaired) electrons. The molecule has 0 bridgehead atoms. The Labute approximate surface area is 162 Å². The second kappa shape index (κ2) is 6.75. The van der Waals surface area contributed by atoms with Crippen LogP contribution in [0.3, 0.4) is 0 Å². The predicted molar refractivity (Wildman–Crippen MR) is 109 cm³/mol. The van der Waals surface area contributed by atoms with Crippen LogP contribution in [0.15, 0.2) is 30.6 Å². The SMILES string of the molecule is C[C@@H]1CCc2c(sc3ncnc(N4CCN(c5ccc(F)cc5)CC4)c23)C1. The number of nitrogens with zero attached hydrogens (tertiary/aromatic N) is 4. The lowest BCUT2D eigenvalue weighted by atomic mass is 9.89. The summed E-state index contributed by atoms with van der Waals surface area (Å²) >= 11 is 1.86. The van der Waals surface area contributed by atoms with Gasteiger partial charge in [-0.2, -0.15) is 0 Å². The van der Waals surface area contributed by atoms with Crippen LogP contribution < -0.4 is 9.80 Å². The number of halogens is 1. The van der Waals surface area contributed by atoms with Gasteiger partial charge in [0.15, 0.2) is 0 Å². The molecule has 2 aliphatic rings. The zero-order valence-corrected chi connectivity index (χ0v) is 16.3. The van der Waals surface area contributed by atoms with Gasteiger partial charge in [0, 0.05) is 36.7 Å². The summed E-state index contributed by atoms with van der Waals surface area (Å²) in [6, 6.07) is 6.80. The molecule has 0 unspecified atom stereocenters. The van der Waals surface area contributed by atoms with E-state index in [0.717, 1.165) is 54.9 Å². The van der Waals surface area contributed by atoms with Crippen LogP contribution in [0.25, 0.3) is 10.2 Å². The lowest BCUT2D eigenvalue weighted by molar-refractivity contribution is 0.509. The molecule has 1 aliphatic heterocycles. The van der Waals surface area contributed by atoms with Crippen LogP contribution in [0.2, 0.25) is 0 Å². The van der Waals surface area contributed by atoms with Gasteiger partial charge in [-0.1, -0.05) is 6.92 Å². The number of benzene rings is 1. The van der Waals surface area contributed by atoms with Gasteiger partial charge in [0.1, 0.15) is 22.8 Å². The van der Waals surface area contributed by atoms with Crippen LogP contribution in [0.4, 0.5) is 15.9 Å². The minimum atomic E-state index is -0.183. The van der Waals surface area contributed by atoms with Gasteiger partial charge in [-0.3, -0.25) is 0 Å². The molecule has 1 aromatic carbocycles. The fraction of sp³-hybridized carbons (Fsp3) is 0.429. The van der Waals surface area contributed by atoms with Crippen LogP contribution in [0.5, 0.6) is 0 Å². The third-order valence-electron chi connectivity index (χ3n) is 5.84. The van der Waals surface area contributed by atoms with Crippen molar-refractivity contribution in [2.24, 2.45) is 5.92 Å². The van der Waals surface area contributed by atoms with Crippen molar-refractivity contribution in [1.29, 1.82) is 0 Å². The first-order chi connectivity index (χ1) is 13.2. The van der Waals surface area contributed by atoms with Crippen molar-refractivity contribution < 1.29 is 4.39 Å². The molecule has 2 aromatic heterocycles. The van der Waals surface area contributed by atoms with Crippen molar-refractivity contribution >= 4 is 33.1 Å². The standard InChI is InChI=1S/C21H23FN4S/c1-14-2-7-17-18(12-14)27-21-19(17)20(23-13-24-21)26-10-8-25(9-11-26)16-5-3-15(22)4-6-16/h3-6,13-14H,2,7-12H2,1H3/t14-/m1/s1. The van der Waals surface area contributed by atoms with Gasteiger partial charge in [0.2, 0.25) is 0 Å². The number of fused-ring (bicyclic) bond motifs is 3. The number of rotatable bonds is 2. The molecule has 6 heteroatoms. The fourth-order valence-corrected chi connectivity index (χ4v) is 5.67. The zero-order chi connectivity index (χ0) is 18.4. The quantitative estimate of drug-likeness (QED) is 0.662. The van der Waals surface area contributed by atoms with Gasteiger partial charge < -0.3 is 9.80 Å². The highest BCUT2D eigenvalue weighted by molar-refractivity contribution is 7.19. The first-order valence-electron chi connectivity index (χ1n) is 9.70. The summed E-state index contributed by atoms with van der Waals surface area (Å²) in [5.41, 5.74) is 2.58. The van der Waals surface area contributed by atoms with Crippen molar-refractivity contribution in [3.05, 3.63) is 46.9 Å². The zero-order valence-electron chi connectivity index (χ0n) is 15.5. The third kappa shape index (κ3) is 3.06. The molecular weight excluding hydrogens is 359 g/mol. The summed E-state index contributed by atoms with van der Waals surface area (Å²) in [4.78, 5) is 16.6. The van der Waals surface area contributed by atoms with Gasteiger partial charge >= 0.3 is 0 Å². The number of aryl methyl sites for hydroxylation is 1. The van der Waals surface area contributed by atoms with Gasteiger partial charge in [-0.25, -0.2) is 14.4 Å². The van der Waals surface area contributed by atoms with E-state index in [4.69, 9.17) is 4.98 Å². The fourth-order valence-electron chi connectivity index (χ4n) is 4.33. The first-order valence-corrected chi connectivity index (χ1v) is 10.5. The summed E-state index contributed by atoms with van der Waals surface area (Å²) < 4.78 is 13.2. The molecule has 3 heterocycles. The minimum absolute atomic E-state index is 0.183. The van der Waals surface area contributed by atoms with E-state index in [2.05, 4.69) is 21.7 Å². The maximum absolute atomic E-state index is 13.2. The highest BCUT2D eigenvalue weighted by atomic mass is 32.1. The lowest BCUT2D eigenvalue weighted by Crippen LogP contribution is -2.47. The lowest BCUT2D eigenvalue weighted by Gasteiger charge is -2.37. The van der Waals surface area contributed by atoms with Gasteiger partial charge in [0.05, 0.1) is 5.39 Å². The number of hydrogen-bond donors (Lipinski definition) is 0. The third-order valence-corrected chi connectivity index (χ3v) is 7.01. The molecule has 5 rings (SSSR count). The summed E-state index contributed by atoms with van der Waals surface area (Å²) in [5, 5.41) is 1.29. The van der Waals surface area contributed by atoms with Crippen LogP contribution in [-0.4, -0.2) is 36.1 Å². The van der Waals surface area contributed by atoms with E-state index in [1.807, 2.05) is 23.5 Å². The van der Waals surface area contributed by atoms with Crippen LogP contribution in [-0.2, 0) is 12.8 Å². The normalized spacial score (nSPS) is 20.1. The largest absolute Gasteiger partial charge is 0.368 e. The smallest absolute Gasteiger partial charge is 0.141 e. The van der Waals surface area contributed by atoms with Gasteiger partial charge in [-0.15, -0.1) is 11.3 Å². The molecule has 1 aliphatic carbocycles. The average molecular weight is 383 g/mol. The molecule has 0 N–H and O–H groups in total. The van der Waals surface area contributed by atoms with Crippen LogP contribution in [0.1, 0.15) is 23.8 Å². The van der Waals surface area contributed by atoms with E-state index in [0.29, 0.717) is 0 Å². The van der Waals surface area contributed by atoms with Gasteiger partial charge in [-0.05, 0) is 55.0 Å². The van der Waals surface area contributed by atoms with Crippen molar-refractivity contribution in [1.82, 2.24) is 9.97 Å². The summed E-state index contributed by atoms with van der Waals surface area (Å²) in [6.45, 7) is 6.02. The molecule has 3 aromatic rings. The summed E-state index contributed by atoms with van der Waals surface area (Å²) in [6.07, 6.45) is 5.29. The van der Waals surface area contributed by atoms with Crippen LogP contribution in [0, 0.1) is 11.7 Å². The van der Waals surface area contributed by atoms with Gasteiger partial charge in [0.25, 0.3) is 0 Å². The molecular formula is C21H23FN4S. The topological polar surface area (TPSA) is 32.3 Å². The summed E-state index contributed by atoms with van der Waals surface area (Å²) in [7, 11) is 0. The second-order valence-electron chi connectivity index (χ2n) is 7.68. The Balaban J connectivity index is 1.41. The van der Waals surface area contributed by atoms with Crippen LogP contribution >= 0.6 is 11.3 Å². The molecule has 1 fully saturated rings. The maximum atomic E-state index is 13.2. The van der Waals surface area contributed by atoms with E-state index in [-0.39, 0.29) is 5.82 Å². The van der Waals surface area contributed by atoms with Crippen molar-refractivity contribution in [3.8, 4) is 0 Å². The van der Waals surface area contributed by atoms with Crippen molar-refractivity contribution in [2.75, 3.05) is 36.0 Å². The molecule has 0 saturated carbocycles. The molecule has 140 valence electrons. The van der Waals surface area contributed by atoms with Crippen molar-refractivity contribution in [2.45, 2.75) is 26.2 Å². The molecule has 0 spiro atoms. The number of anilines is 2. The maximum Gasteiger partial charge on any atom is 0.141 e. The Morgan fingerprint density at radius 1 is 1.04 bits per heavy atom. The monoisotopic (exact) mass is 382 g/mol. The molecule has 1 saturated heterocycles. The Morgan fingerprint density at radius 3 is 2.56 bits per heavy atom. The van der Waals surface area contributed by atoms with E-state index in [1.165, 1.54) is 40.8 Å². The number of thiophene rings is 1. The second-order valence-corrected chi connectivity index (χ2v) is 8.76. The number of hydrogen-bond acceptors (Lipinski definition) is 5. The minimum Gasteiger partial charge on any atom is -0.368 e. The van der Waals surface area contributed by atoms with E-state index >= 15 is 0 Å². The van der Waals surface area contributed by atoms with E-state index in [9.17, 15) is 4.39 Å². The molecule has 27 heavy (non-hydrogen) atoms. The Morgan fingerprint density at radius 2 is 1.78 bits per heavy atom. The predicted octanol–water partition coefficient (Wildman–Crippen LogP) is 4.28. The number of piperazine rings is 1. The van der Waals surface area contributed by atoms with Crippen molar-refractivity contribution in [3.63, 3.8) is 0 Å². The molecule has 0 amide bonds. The Kier molecular flexibility index (Phi) is 4.23.